The van der Waals surface area contributed by atoms with Crippen molar-refractivity contribution >= 4 is 45.4 Å². The Kier molecular flexibility index (Phi) is 11.8. The average molecular weight is 820 g/mol. The van der Waals surface area contributed by atoms with Gasteiger partial charge in [0.05, 0.1) is 24.0 Å². The van der Waals surface area contributed by atoms with E-state index in [1.54, 1.807) is 34.6 Å². The van der Waals surface area contributed by atoms with Crippen LogP contribution < -0.4 is 25.8 Å². The van der Waals surface area contributed by atoms with Gasteiger partial charge in [-0.25, -0.2) is 23.9 Å². The summed E-state index contributed by atoms with van der Waals surface area (Å²) in [7, 11) is 1.29. The predicted molar refractivity (Wildman–Crippen MR) is 198 cm³/mol. The van der Waals surface area contributed by atoms with Crippen molar-refractivity contribution in [3.63, 3.8) is 0 Å². The maximum Gasteiger partial charge on any atom is 0.424 e. The molecule has 0 saturated heterocycles. The van der Waals surface area contributed by atoms with Gasteiger partial charge in [-0.3, -0.25) is 9.59 Å². The van der Waals surface area contributed by atoms with Gasteiger partial charge in [0.2, 0.25) is 11.5 Å². The molecule has 57 heavy (non-hydrogen) atoms. The van der Waals surface area contributed by atoms with Gasteiger partial charge in [0.15, 0.2) is 0 Å². The van der Waals surface area contributed by atoms with E-state index in [4.69, 9.17) is 24.7 Å². The van der Waals surface area contributed by atoms with Crippen molar-refractivity contribution in [2.75, 3.05) is 20.3 Å². The van der Waals surface area contributed by atoms with Crippen molar-refractivity contribution in [3.8, 4) is 22.8 Å². The number of aliphatic hydroxyl groups is 1. The Hall–Kier alpha value is -5.56. The first-order chi connectivity index (χ1) is 26.5. The Morgan fingerprint density at radius 2 is 1.74 bits per heavy atom. The van der Waals surface area contributed by atoms with Gasteiger partial charge in [0, 0.05) is 16.7 Å². The summed E-state index contributed by atoms with van der Waals surface area (Å²) in [5.74, 6) is -3.73. The number of amides is 3. The quantitative estimate of drug-likeness (QED) is 0.105. The second kappa shape index (κ2) is 15.8. The fourth-order valence-electron chi connectivity index (χ4n) is 5.80. The summed E-state index contributed by atoms with van der Waals surface area (Å²) in [5, 5.41) is 16.3. The summed E-state index contributed by atoms with van der Waals surface area (Å²) < 4.78 is 80.6. The molecular formula is C38H41F4N5O9S. The number of esters is 1. The monoisotopic (exact) mass is 819 g/mol. The number of benzene rings is 2. The summed E-state index contributed by atoms with van der Waals surface area (Å²) in [6.07, 6.45) is -6.24. The summed E-state index contributed by atoms with van der Waals surface area (Å²) >= 11 is 1.01. The molecule has 0 aliphatic carbocycles. The second-order valence-electron chi connectivity index (χ2n) is 14.9. The number of carbonyl (C=O) groups excluding carboxylic acids is 4. The molecular weight excluding hydrogens is 779 g/mol. The lowest BCUT2D eigenvalue weighted by molar-refractivity contribution is -0.265. The van der Waals surface area contributed by atoms with Crippen LogP contribution in [-0.4, -0.2) is 77.0 Å². The fraction of sp³-hybridized carbons (Fsp3) is 0.421. The maximum atomic E-state index is 14.9. The van der Waals surface area contributed by atoms with Gasteiger partial charge in [0.25, 0.3) is 5.91 Å². The number of nitrogens with two attached hydrogens (primary N) is 1. The molecule has 0 radical (unpaired) electrons. The lowest BCUT2D eigenvalue weighted by Crippen LogP contribution is -2.51. The van der Waals surface area contributed by atoms with E-state index in [1.807, 2.05) is 0 Å². The number of halogens is 4. The highest BCUT2D eigenvalue weighted by atomic mass is 32.1. The summed E-state index contributed by atoms with van der Waals surface area (Å²) in [4.78, 5) is 59.8. The van der Waals surface area contributed by atoms with Gasteiger partial charge in [0.1, 0.15) is 63.8 Å². The molecule has 306 valence electrons. The number of alkyl halides is 3. The standard InChI is InChI=1S/C38H41F4N5O9S/c1-18(2)27(47-34(51)56-35(3,4)5)32(49)54-15-26-46-29-23(53-7)12-20(13-24(29)57-26)31(48)44-16-37(52,38(40,41)42)25-14-22-30(55-17-36(22,6)33(43)50)28(45-25)19-8-10-21(39)11-9-19/h8-14,18,27,52H,15-17H2,1-7H3,(H2,43,50)(H,44,48)(H,47,51)/t27-,36-,37?/m0/s1. The van der Waals surface area contributed by atoms with Gasteiger partial charge >= 0.3 is 18.2 Å². The van der Waals surface area contributed by atoms with Crippen molar-refractivity contribution in [1.29, 1.82) is 0 Å². The Balaban J connectivity index is 1.41. The first-order valence-corrected chi connectivity index (χ1v) is 18.2. The number of ether oxygens (including phenoxy) is 4. The molecule has 19 heteroatoms. The molecule has 1 aliphatic heterocycles. The number of aromatic nitrogens is 2. The molecule has 3 amide bonds. The number of pyridine rings is 1. The third-order valence-corrected chi connectivity index (χ3v) is 10.0. The molecule has 1 aliphatic rings. The minimum absolute atomic E-state index is 0.0687. The van der Waals surface area contributed by atoms with Crippen LogP contribution in [0.4, 0.5) is 22.4 Å². The van der Waals surface area contributed by atoms with Crippen molar-refractivity contribution < 1.29 is 60.8 Å². The molecule has 0 bridgehead atoms. The molecule has 0 fully saturated rings. The third-order valence-electron chi connectivity index (χ3n) is 9.05. The lowest BCUT2D eigenvalue weighted by Gasteiger charge is -2.31. The van der Waals surface area contributed by atoms with E-state index in [0.29, 0.717) is 4.70 Å². The molecule has 0 saturated carbocycles. The van der Waals surface area contributed by atoms with Crippen LogP contribution in [0.2, 0.25) is 0 Å². The van der Waals surface area contributed by atoms with Gasteiger partial charge in [-0.2, -0.15) is 13.2 Å². The zero-order chi connectivity index (χ0) is 42.2. The van der Waals surface area contributed by atoms with E-state index >= 15 is 0 Å². The van der Waals surface area contributed by atoms with E-state index in [-0.39, 0.29) is 63.5 Å². The van der Waals surface area contributed by atoms with Crippen LogP contribution in [0.25, 0.3) is 21.5 Å². The molecule has 2 aromatic heterocycles. The van der Waals surface area contributed by atoms with Crippen molar-refractivity contribution in [2.45, 2.75) is 77.0 Å². The molecule has 5 rings (SSSR count). The topological polar surface area (TPSA) is 201 Å². The smallest absolute Gasteiger partial charge is 0.424 e. The average Bonchev–Trinajstić information content (AvgIpc) is 3.71. The lowest BCUT2D eigenvalue weighted by atomic mass is 9.81. The van der Waals surface area contributed by atoms with E-state index < -0.39 is 70.8 Å². The third kappa shape index (κ3) is 8.88. The van der Waals surface area contributed by atoms with Crippen LogP contribution in [0.3, 0.4) is 0 Å². The summed E-state index contributed by atoms with van der Waals surface area (Å²) in [5.41, 5.74) is -1.69. The normalized spacial score (nSPS) is 16.9. The molecule has 1 unspecified atom stereocenters. The number of thiazole rings is 1. The van der Waals surface area contributed by atoms with Crippen LogP contribution >= 0.6 is 11.3 Å². The Labute approximate surface area is 328 Å². The summed E-state index contributed by atoms with van der Waals surface area (Å²) in [6.45, 7) is 7.69. The molecule has 5 N–H and O–H groups in total. The fourth-order valence-corrected chi connectivity index (χ4v) is 6.73. The van der Waals surface area contributed by atoms with E-state index in [9.17, 15) is 41.8 Å². The van der Waals surface area contributed by atoms with Crippen LogP contribution in [0, 0.1) is 11.7 Å². The minimum Gasteiger partial charge on any atom is -0.494 e. The number of primary amides is 1. The number of methoxy groups -OCH3 is 1. The zero-order valence-electron chi connectivity index (χ0n) is 31.9. The van der Waals surface area contributed by atoms with Gasteiger partial charge in [-0.1, -0.05) is 13.8 Å². The molecule has 0 spiro atoms. The molecule has 4 aromatic rings. The number of nitrogens with zero attached hydrogens (tertiary/aromatic N) is 2. The number of hydrogen-bond donors (Lipinski definition) is 4. The van der Waals surface area contributed by atoms with Gasteiger partial charge in [-0.15, -0.1) is 11.3 Å². The highest BCUT2D eigenvalue weighted by molar-refractivity contribution is 7.18. The number of carbonyl (C=O) groups is 4. The largest absolute Gasteiger partial charge is 0.494 e. The molecule has 2 aromatic carbocycles. The van der Waals surface area contributed by atoms with Crippen molar-refractivity contribution in [1.82, 2.24) is 20.6 Å². The second-order valence-corrected chi connectivity index (χ2v) is 16.0. The van der Waals surface area contributed by atoms with Crippen LogP contribution in [0.15, 0.2) is 42.5 Å². The van der Waals surface area contributed by atoms with Crippen molar-refractivity contribution in [3.05, 3.63) is 70.1 Å². The maximum absolute atomic E-state index is 14.9. The van der Waals surface area contributed by atoms with Crippen molar-refractivity contribution in [2.24, 2.45) is 11.7 Å². The molecule has 3 atom stereocenters. The predicted octanol–water partition coefficient (Wildman–Crippen LogP) is 5.41. The zero-order valence-corrected chi connectivity index (χ0v) is 32.7. The highest BCUT2D eigenvalue weighted by Gasteiger charge is 2.57. The van der Waals surface area contributed by atoms with Crippen LogP contribution in [-0.2, 0) is 36.7 Å². The highest BCUT2D eigenvalue weighted by Crippen LogP contribution is 2.48. The molecule has 14 nitrogen and oxygen atoms in total. The Morgan fingerprint density at radius 1 is 1.07 bits per heavy atom. The SMILES string of the molecule is COc1cc(C(=O)NCC(O)(c2cc3c(c(-c4ccc(F)cc4)n2)OC[C@]3(C)C(N)=O)C(F)(F)F)cc2sc(COC(=O)[C@@H](NC(=O)OC(C)(C)C)C(C)C)nc12. The van der Waals surface area contributed by atoms with Crippen LogP contribution in [0.1, 0.15) is 68.2 Å². The Bertz CT molecular complexity index is 2210. The first kappa shape index (κ1) is 42.6. The number of fused-ring (bicyclic) bond motifs is 2. The van der Waals surface area contributed by atoms with Crippen LogP contribution in [0.5, 0.6) is 11.5 Å². The number of hydrogen-bond acceptors (Lipinski definition) is 12. The van der Waals surface area contributed by atoms with E-state index in [0.717, 1.165) is 29.5 Å². The Morgan fingerprint density at radius 3 is 2.32 bits per heavy atom. The first-order valence-electron chi connectivity index (χ1n) is 17.4. The molecule has 3 heterocycles. The van der Waals surface area contributed by atoms with E-state index in [2.05, 4.69) is 20.6 Å². The number of alkyl carbamates (subject to hydrolysis) is 1. The van der Waals surface area contributed by atoms with Gasteiger partial charge in [-0.05, 0) is 76.1 Å². The van der Waals surface area contributed by atoms with Gasteiger partial charge < -0.3 is 40.4 Å². The van der Waals surface area contributed by atoms with E-state index in [1.165, 1.54) is 38.3 Å². The summed E-state index contributed by atoms with van der Waals surface area (Å²) in [6, 6.07) is 6.96. The number of nitrogens with one attached hydrogen (secondary N) is 2. The number of rotatable bonds is 12. The minimum atomic E-state index is -5.44.